The van der Waals surface area contributed by atoms with Crippen LogP contribution in [0.3, 0.4) is 0 Å². The van der Waals surface area contributed by atoms with Crippen LogP contribution in [0.5, 0.6) is 23.0 Å². The smallest absolute Gasteiger partial charge is 0.200 e. The fourth-order valence-corrected chi connectivity index (χ4v) is 2.40. The van der Waals surface area contributed by atoms with Gasteiger partial charge in [-0.2, -0.15) is 0 Å². The first-order valence-corrected chi connectivity index (χ1v) is 7.15. The van der Waals surface area contributed by atoms with Crippen LogP contribution in [0.15, 0.2) is 6.07 Å². The van der Waals surface area contributed by atoms with Gasteiger partial charge in [-0.1, -0.05) is 0 Å². The minimum Gasteiger partial charge on any atom is -0.507 e. The fourth-order valence-electron chi connectivity index (χ4n) is 2.40. The molecule has 1 fully saturated rings. The summed E-state index contributed by atoms with van der Waals surface area (Å²) in [6.45, 7) is -0.813. The Hall–Kier alpha value is -1.82. The topological polar surface area (TPSA) is 180 Å². The lowest BCUT2D eigenvalue weighted by Gasteiger charge is -2.39. The summed E-state index contributed by atoms with van der Waals surface area (Å²) in [4.78, 5) is 0. The molecule has 8 N–H and O–H groups in total. The van der Waals surface area contributed by atoms with Crippen molar-refractivity contribution in [2.45, 2.75) is 37.1 Å². The van der Waals surface area contributed by atoms with Crippen LogP contribution in [-0.4, -0.2) is 84.8 Å². The molecule has 0 radical (unpaired) electrons. The molecular weight excluding hydrogens is 328 g/mol. The van der Waals surface area contributed by atoms with Crippen LogP contribution in [0.1, 0.15) is 5.56 Å². The highest BCUT2D eigenvalue weighted by Gasteiger charge is 2.43. The summed E-state index contributed by atoms with van der Waals surface area (Å²) in [7, 11) is 0. The quantitative estimate of drug-likeness (QED) is 0.216. The molecular formula is C14H20O10. The van der Waals surface area contributed by atoms with Crippen molar-refractivity contribution in [3.8, 4) is 23.0 Å². The molecule has 136 valence electrons. The molecule has 0 amide bonds. The van der Waals surface area contributed by atoms with Crippen LogP contribution < -0.4 is 0 Å². The average molecular weight is 348 g/mol. The van der Waals surface area contributed by atoms with E-state index in [4.69, 9.17) is 14.6 Å². The molecule has 1 aromatic carbocycles. The normalized spacial score (nSPS) is 30.4. The van der Waals surface area contributed by atoms with Gasteiger partial charge in [0.05, 0.1) is 13.2 Å². The van der Waals surface area contributed by atoms with E-state index >= 15 is 0 Å². The van der Waals surface area contributed by atoms with Gasteiger partial charge in [0.2, 0.25) is 5.75 Å². The Morgan fingerprint density at radius 2 is 1.58 bits per heavy atom. The van der Waals surface area contributed by atoms with E-state index in [-0.39, 0.29) is 18.6 Å². The molecule has 10 nitrogen and oxygen atoms in total. The number of benzene rings is 1. The molecule has 1 aromatic rings. The first kappa shape index (κ1) is 18.5. The second kappa shape index (κ2) is 7.38. The van der Waals surface area contributed by atoms with Crippen LogP contribution in [0.2, 0.25) is 0 Å². The third-order valence-corrected chi connectivity index (χ3v) is 3.82. The second-order valence-corrected chi connectivity index (χ2v) is 5.41. The predicted molar refractivity (Wildman–Crippen MR) is 76.5 cm³/mol. The number of aliphatic hydroxyl groups excluding tert-OH is 4. The molecule has 5 atom stereocenters. The zero-order chi connectivity index (χ0) is 18.0. The maximum Gasteiger partial charge on any atom is 0.200 e. The van der Waals surface area contributed by atoms with Crippen LogP contribution in [0.4, 0.5) is 0 Å². The second-order valence-electron chi connectivity index (χ2n) is 5.41. The Morgan fingerprint density at radius 3 is 2.21 bits per heavy atom. The first-order chi connectivity index (χ1) is 11.3. The molecule has 0 aromatic heterocycles. The van der Waals surface area contributed by atoms with E-state index in [0.717, 1.165) is 6.07 Å². The monoisotopic (exact) mass is 348 g/mol. The number of phenols is 4. The molecule has 1 aliphatic heterocycles. The Bertz CT molecular complexity index is 575. The maximum absolute atomic E-state index is 9.79. The lowest BCUT2D eigenvalue weighted by molar-refractivity contribution is -0.300. The van der Waals surface area contributed by atoms with Gasteiger partial charge in [0.25, 0.3) is 0 Å². The van der Waals surface area contributed by atoms with Gasteiger partial charge in [0.15, 0.2) is 17.8 Å². The molecule has 10 heteroatoms. The van der Waals surface area contributed by atoms with Crippen molar-refractivity contribution >= 4 is 0 Å². The van der Waals surface area contributed by atoms with E-state index < -0.39 is 60.3 Å². The van der Waals surface area contributed by atoms with E-state index in [2.05, 4.69) is 0 Å². The van der Waals surface area contributed by atoms with Crippen LogP contribution in [0.25, 0.3) is 0 Å². The SMILES string of the molecule is OC[C@H]1O[C@@H](OCCc2c(O)cc(O)c(O)c2O)[C@H](O)[C@@H](O)[C@@H]1O. The number of aliphatic hydroxyl groups is 4. The number of aromatic hydroxyl groups is 4. The summed E-state index contributed by atoms with van der Waals surface area (Å²) in [5.41, 5.74) is -0.102. The van der Waals surface area contributed by atoms with Crippen LogP contribution in [0, 0.1) is 0 Å². The van der Waals surface area contributed by atoms with E-state index in [1.165, 1.54) is 0 Å². The molecule has 0 saturated carbocycles. The molecule has 1 heterocycles. The standard InChI is InChI=1S/C14H20O10/c15-4-8-11(20)12(21)13(22)14(24-8)23-2-1-5-6(16)3-7(17)10(19)9(5)18/h3,8,11-22H,1-2,4H2/t8-,11-,12+,13-,14-/m1/s1. The van der Waals surface area contributed by atoms with Crippen molar-refractivity contribution in [3.05, 3.63) is 11.6 Å². The summed E-state index contributed by atoms with van der Waals surface area (Å²) in [6, 6.07) is 0.845. The van der Waals surface area contributed by atoms with Crippen molar-refractivity contribution in [1.82, 2.24) is 0 Å². The maximum atomic E-state index is 9.79. The highest BCUT2D eigenvalue weighted by molar-refractivity contribution is 5.59. The van der Waals surface area contributed by atoms with E-state index in [1.807, 2.05) is 0 Å². The summed E-state index contributed by atoms with van der Waals surface area (Å²) < 4.78 is 10.3. The zero-order valence-corrected chi connectivity index (χ0v) is 12.5. The summed E-state index contributed by atoms with van der Waals surface area (Å²) in [6.07, 6.45) is -7.25. The van der Waals surface area contributed by atoms with Crippen molar-refractivity contribution in [3.63, 3.8) is 0 Å². The minimum atomic E-state index is -1.58. The van der Waals surface area contributed by atoms with Gasteiger partial charge in [-0.25, -0.2) is 0 Å². The van der Waals surface area contributed by atoms with E-state index in [1.54, 1.807) is 0 Å². The van der Waals surface area contributed by atoms with Crippen molar-refractivity contribution in [2.24, 2.45) is 0 Å². The van der Waals surface area contributed by atoms with E-state index in [0.29, 0.717) is 0 Å². The van der Waals surface area contributed by atoms with Gasteiger partial charge in [0.1, 0.15) is 30.2 Å². The van der Waals surface area contributed by atoms with Gasteiger partial charge in [-0.15, -0.1) is 0 Å². The Kier molecular flexibility index (Phi) is 5.70. The molecule has 1 saturated heterocycles. The highest BCUT2D eigenvalue weighted by atomic mass is 16.7. The molecule has 1 aliphatic rings. The Balaban J connectivity index is 2.00. The van der Waals surface area contributed by atoms with Crippen molar-refractivity contribution in [1.29, 1.82) is 0 Å². The fraction of sp³-hybridized carbons (Fsp3) is 0.571. The van der Waals surface area contributed by atoms with Crippen LogP contribution in [-0.2, 0) is 15.9 Å². The molecule has 0 bridgehead atoms. The summed E-state index contributed by atoms with van der Waals surface area (Å²) >= 11 is 0. The lowest BCUT2D eigenvalue weighted by Crippen LogP contribution is -2.59. The highest BCUT2D eigenvalue weighted by Crippen LogP contribution is 2.42. The zero-order valence-electron chi connectivity index (χ0n) is 12.5. The van der Waals surface area contributed by atoms with Gasteiger partial charge in [-0.05, 0) is 0 Å². The van der Waals surface area contributed by atoms with Crippen LogP contribution >= 0.6 is 0 Å². The third kappa shape index (κ3) is 3.48. The predicted octanol–water partition coefficient (Wildman–Crippen LogP) is -2.13. The minimum absolute atomic E-state index is 0.102. The summed E-state index contributed by atoms with van der Waals surface area (Å²) in [5, 5.41) is 76.2. The van der Waals surface area contributed by atoms with Gasteiger partial charge in [-0.3, -0.25) is 0 Å². The van der Waals surface area contributed by atoms with E-state index in [9.17, 15) is 35.7 Å². The lowest BCUT2D eigenvalue weighted by atomic mass is 9.99. The van der Waals surface area contributed by atoms with Crippen molar-refractivity contribution in [2.75, 3.05) is 13.2 Å². The third-order valence-electron chi connectivity index (χ3n) is 3.82. The number of ether oxygens (including phenoxy) is 2. The molecule has 2 rings (SSSR count). The van der Waals surface area contributed by atoms with Gasteiger partial charge in [0, 0.05) is 18.1 Å². The molecule has 24 heavy (non-hydrogen) atoms. The number of hydrogen-bond acceptors (Lipinski definition) is 10. The number of rotatable bonds is 5. The molecule has 0 spiro atoms. The van der Waals surface area contributed by atoms with Crippen molar-refractivity contribution < 1.29 is 50.3 Å². The summed E-state index contributed by atoms with van der Waals surface area (Å²) in [5.74, 6) is -2.68. The molecule has 0 unspecified atom stereocenters. The largest absolute Gasteiger partial charge is 0.507 e. The average Bonchev–Trinajstić information content (AvgIpc) is 2.55. The van der Waals surface area contributed by atoms with Gasteiger partial charge < -0.3 is 50.3 Å². The number of hydrogen-bond donors (Lipinski definition) is 8. The Labute approximate surface area is 136 Å². The number of phenolic OH excluding ortho intramolecular Hbond substituents is 4. The Morgan fingerprint density at radius 1 is 0.917 bits per heavy atom. The van der Waals surface area contributed by atoms with Gasteiger partial charge >= 0.3 is 0 Å². The molecule has 0 aliphatic carbocycles. The first-order valence-electron chi connectivity index (χ1n) is 7.15.